The van der Waals surface area contributed by atoms with Crippen LogP contribution in [0.4, 0.5) is 5.82 Å². The van der Waals surface area contributed by atoms with Gasteiger partial charge in [-0.25, -0.2) is 15.0 Å². The number of aryl methyl sites for hydroxylation is 2. The van der Waals surface area contributed by atoms with Crippen molar-refractivity contribution in [3.05, 3.63) is 47.5 Å². The normalized spacial score (nSPS) is 31.6. The Morgan fingerprint density at radius 2 is 2.00 bits per heavy atom. The molecule has 0 amide bonds. The van der Waals surface area contributed by atoms with Crippen molar-refractivity contribution < 1.29 is 20.1 Å². The van der Waals surface area contributed by atoms with Crippen molar-refractivity contribution in [1.29, 1.82) is 0 Å². The molecule has 3 aliphatic rings. The van der Waals surface area contributed by atoms with E-state index >= 15 is 0 Å². The summed E-state index contributed by atoms with van der Waals surface area (Å²) >= 11 is 0. The van der Waals surface area contributed by atoms with E-state index in [4.69, 9.17) is 9.72 Å². The zero-order valence-corrected chi connectivity index (χ0v) is 18.6. The van der Waals surface area contributed by atoms with Crippen LogP contribution in [0.2, 0.25) is 0 Å². The molecule has 1 aliphatic carbocycles. The number of ether oxygens (including phenoxy) is 1. The molecule has 0 saturated carbocycles. The minimum atomic E-state index is -1.19. The Hall–Kier alpha value is -2.59. The van der Waals surface area contributed by atoms with Crippen molar-refractivity contribution in [3.8, 4) is 0 Å². The SMILES string of the molecule is Cc1nc(N2CCC3(CCCc4ccccc43)C2)c2ncn(C3OC(CO)C(O)C3O)c2n1. The van der Waals surface area contributed by atoms with Gasteiger partial charge < -0.3 is 25.0 Å². The summed E-state index contributed by atoms with van der Waals surface area (Å²) in [5, 5.41) is 30.2. The van der Waals surface area contributed by atoms with Gasteiger partial charge in [-0.05, 0) is 43.7 Å². The van der Waals surface area contributed by atoms with Crippen molar-refractivity contribution in [3.63, 3.8) is 0 Å². The van der Waals surface area contributed by atoms with Gasteiger partial charge in [0, 0.05) is 18.5 Å². The van der Waals surface area contributed by atoms with E-state index in [9.17, 15) is 15.3 Å². The van der Waals surface area contributed by atoms with E-state index in [1.807, 2.05) is 6.92 Å². The second-order valence-electron chi connectivity index (χ2n) is 9.61. The first-order valence-corrected chi connectivity index (χ1v) is 11.7. The molecule has 3 aromatic rings. The number of nitrogens with zero attached hydrogens (tertiary/aromatic N) is 5. The van der Waals surface area contributed by atoms with E-state index in [1.54, 1.807) is 10.9 Å². The van der Waals surface area contributed by atoms with E-state index < -0.39 is 24.5 Å². The second-order valence-corrected chi connectivity index (χ2v) is 9.61. The summed E-state index contributed by atoms with van der Waals surface area (Å²) in [5.41, 5.74) is 4.27. The lowest BCUT2D eigenvalue weighted by Crippen LogP contribution is -2.35. The van der Waals surface area contributed by atoms with Gasteiger partial charge in [0.15, 0.2) is 23.2 Å². The molecule has 2 aliphatic heterocycles. The predicted molar refractivity (Wildman–Crippen MR) is 121 cm³/mol. The van der Waals surface area contributed by atoms with Crippen LogP contribution in [-0.4, -0.2) is 72.8 Å². The fourth-order valence-corrected chi connectivity index (χ4v) is 6.01. The minimum absolute atomic E-state index is 0.131. The molecule has 4 heterocycles. The van der Waals surface area contributed by atoms with Crippen molar-refractivity contribution in [2.24, 2.45) is 0 Å². The lowest BCUT2D eigenvalue weighted by atomic mass is 9.69. The number of imidazole rings is 1. The maximum absolute atomic E-state index is 10.5. The third kappa shape index (κ3) is 3.18. The molecule has 2 aromatic heterocycles. The van der Waals surface area contributed by atoms with Crippen molar-refractivity contribution in [2.75, 3.05) is 24.6 Å². The van der Waals surface area contributed by atoms with Crippen LogP contribution in [0.15, 0.2) is 30.6 Å². The van der Waals surface area contributed by atoms with Gasteiger partial charge in [0.2, 0.25) is 0 Å². The molecule has 5 unspecified atom stereocenters. The van der Waals surface area contributed by atoms with Crippen molar-refractivity contribution in [1.82, 2.24) is 19.5 Å². The van der Waals surface area contributed by atoms with Gasteiger partial charge in [-0.3, -0.25) is 4.57 Å². The van der Waals surface area contributed by atoms with Crippen LogP contribution in [0.25, 0.3) is 11.2 Å². The van der Waals surface area contributed by atoms with Crippen molar-refractivity contribution in [2.45, 2.75) is 62.6 Å². The molecule has 2 fully saturated rings. The van der Waals surface area contributed by atoms with Gasteiger partial charge in [-0.1, -0.05) is 24.3 Å². The Morgan fingerprint density at radius 3 is 2.82 bits per heavy atom. The average Bonchev–Trinajstić information content (AvgIpc) is 3.51. The summed E-state index contributed by atoms with van der Waals surface area (Å²) in [4.78, 5) is 16.3. The van der Waals surface area contributed by atoms with Gasteiger partial charge in [0.05, 0.1) is 12.9 Å². The maximum Gasteiger partial charge on any atom is 0.167 e. The van der Waals surface area contributed by atoms with Crippen LogP contribution in [0.1, 0.15) is 42.4 Å². The first-order chi connectivity index (χ1) is 16.0. The molecule has 2 saturated heterocycles. The Bertz CT molecular complexity index is 1200. The van der Waals surface area contributed by atoms with Crippen LogP contribution >= 0.6 is 0 Å². The van der Waals surface area contributed by atoms with E-state index in [1.165, 1.54) is 24.0 Å². The number of benzene rings is 1. The molecule has 0 radical (unpaired) electrons. The molecule has 6 rings (SSSR count). The molecule has 5 atom stereocenters. The van der Waals surface area contributed by atoms with Gasteiger partial charge in [-0.15, -0.1) is 0 Å². The Morgan fingerprint density at radius 1 is 1.15 bits per heavy atom. The Balaban J connectivity index is 1.37. The lowest BCUT2D eigenvalue weighted by Gasteiger charge is -2.36. The maximum atomic E-state index is 10.5. The zero-order valence-electron chi connectivity index (χ0n) is 18.6. The standard InChI is InChI=1S/C24H29N5O4/c1-14-26-21(28-10-9-24(12-28)8-4-6-15-5-2-3-7-16(15)24)18-22(27-14)29(13-25-18)23-20(32)19(31)17(11-30)33-23/h2-3,5,7,13,17,19-20,23,30-32H,4,6,8-12H2,1H3. The van der Waals surface area contributed by atoms with Gasteiger partial charge in [0.25, 0.3) is 0 Å². The van der Waals surface area contributed by atoms with Gasteiger partial charge in [-0.2, -0.15) is 0 Å². The number of aliphatic hydroxyl groups excluding tert-OH is 3. The quantitative estimate of drug-likeness (QED) is 0.545. The summed E-state index contributed by atoms with van der Waals surface area (Å²) < 4.78 is 7.36. The summed E-state index contributed by atoms with van der Waals surface area (Å²) in [5.74, 6) is 1.40. The van der Waals surface area contributed by atoms with Crippen molar-refractivity contribution >= 4 is 17.0 Å². The molecule has 1 spiro atoms. The van der Waals surface area contributed by atoms with E-state index in [0.29, 0.717) is 17.0 Å². The van der Waals surface area contributed by atoms with E-state index in [2.05, 4.69) is 39.1 Å². The fourth-order valence-electron chi connectivity index (χ4n) is 6.01. The minimum Gasteiger partial charge on any atom is -0.394 e. The summed E-state index contributed by atoms with van der Waals surface area (Å²) in [6, 6.07) is 8.82. The van der Waals surface area contributed by atoms with Crippen LogP contribution in [0, 0.1) is 6.92 Å². The highest BCUT2D eigenvalue weighted by atomic mass is 16.6. The molecule has 1 aromatic carbocycles. The van der Waals surface area contributed by atoms with Crippen LogP contribution in [-0.2, 0) is 16.6 Å². The Kier molecular flexibility index (Phi) is 4.91. The molecule has 3 N–H and O–H groups in total. The first-order valence-electron chi connectivity index (χ1n) is 11.7. The number of hydrogen-bond acceptors (Lipinski definition) is 8. The molecular formula is C24H29N5O4. The lowest BCUT2D eigenvalue weighted by molar-refractivity contribution is -0.0511. The van der Waals surface area contributed by atoms with Gasteiger partial charge in [0.1, 0.15) is 24.1 Å². The Labute approximate surface area is 191 Å². The summed E-state index contributed by atoms with van der Waals surface area (Å²) in [6.07, 6.45) is 2.07. The number of anilines is 1. The molecule has 0 bridgehead atoms. The highest BCUT2D eigenvalue weighted by molar-refractivity contribution is 5.84. The third-order valence-corrected chi connectivity index (χ3v) is 7.65. The first kappa shape index (κ1) is 21.0. The average molecular weight is 452 g/mol. The van der Waals surface area contributed by atoms with Crippen LogP contribution in [0.5, 0.6) is 0 Å². The summed E-state index contributed by atoms with van der Waals surface area (Å²) in [6.45, 7) is 3.24. The van der Waals surface area contributed by atoms with Gasteiger partial charge >= 0.3 is 0 Å². The summed E-state index contributed by atoms with van der Waals surface area (Å²) in [7, 11) is 0. The smallest absolute Gasteiger partial charge is 0.167 e. The highest BCUT2D eigenvalue weighted by Gasteiger charge is 2.45. The number of hydrogen-bond donors (Lipinski definition) is 3. The molecule has 9 nitrogen and oxygen atoms in total. The second kappa shape index (κ2) is 7.73. The topological polar surface area (TPSA) is 117 Å². The number of aliphatic hydroxyl groups is 3. The van der Waals surface area contributed by atoms with Crippen LogP contribution in [0.3, 0.4) is 0 Å². The largest absolute Gasteiger partial charge is 0.394 e. The predicted octanol–water partition coefficient (Wildman–Crippen LogP) is 1.23. The zero-order chi connectivity index (χ0) is 22.7. The third-order valence-electron chi connectivity index (χ3n) is 7.65. The number of fused-ring (bicyclic) bond motifs is 3. The monoisotopic (exact) mass is 451 g/mol. The number of aromatic nitrogens is 4. The fraction of sp³-hybridized carbons (Fsp3) is 0.542. The molecule has 174 valence electrons. The highest BCUT2D eigenvalue weighted by Crippen LogP contribution is 2.45. The van der Waals surface area contributed by atoms with Crippen LogP contribution < -0.4 is 4.90 Å². The molecular weight excluding hydrogens is 422 g/mol. The van der Waals surface area contributed by atoms with E-state index in [0.717, 1.165) is 31.7 Å². The number of rotatable bonds is 3. The molecule has 33 heavy (non-hydrogen) atoms. The van der Waals surface area contributed by atoms with E-state index in [-0.39, 0.29) is 12.0 Å². The molecule has 9 heteroatoms.